The molecule has 1 aromatic rings. The van der Waals surface area contributed by atoms with Crippen LogP contribution >= 0.6 is 0 Å². The first kappa shape index (κ1) is 12.9. The number of hydrogen-bond acceptors (Lipinski definition) is 2. The van der Waals surface area contributed by atoms with E-state index in [-0.39, 0.29) is 23.8 Å². The molecule has 0 aromatic heterocycles. The SMILES string of the molecule is CC(=O)NCC#Cc1ccc(F)cc1C(C)=O. The van der Waals surface area contributed by atoms with Crippen molar-refractivity contribution in [3.05, 3.63) is 35.1 Å². The smallest absolute Gasteiger partial charge is 0.217 e. The van der Waals surface area contributed by atoms with Crippen molar-refractivity contribution in [2.75, 3.05) is 6.54 Å². The molecule has 0 aliphatic heterocycles. The van der Waals surface area contributed by atoms with Gasteiger partial charge in [-0.3, -0.25) is 9.59 Å². The van der Waals surface area contributed by atoms with Crippen molar-refractivity contribution in [1.29, 1.82) is 0 Å². The van der Waals surface area contributed by atoms with E-state index in [9.17, 15) is 14.0 Å². The van der Waals surface area contributed by atoms with Gasteiger partial charge in [0.2, 0.25) is 5.91 Å². The maximum Gasteiger partial charge on any atom is 0.217 e. The minimum absolute atomic E-state index is 0.176. The molecule has 0 unspecified atom stereocenters. The molecule has 1 aromatic carbocycles. The molecule has 88 valence electrons. The molecule has 0 aliphatic carbocycles. The van der Waals surface area contributed by atoms with E-state index in [0.717, 1.165) is 6.07 Å². The topological polar surface area (TPSA) is 46.2 Å². The number of nitrogens with one attached hydrogen (secondary N) is 1. The molecule has 1 amide bonds. The van der Waals surface area contributed by atoms with Gasteiger partial charge >= 0.3 is 0 Å². The van der Waals surface area contributed by atoms with Crippen LogP contribution in [0, 0.1) is 17.7 Å². The number of benzene rings is 1. The van der Waals surface area contributed by atoms with Gasteiger partial charge in [0, 0.05) is 18.1 Å². The highest BCUT2D eigenvalue weighted by Gasteiger charge is 2.06. The van der Waals surface area contributed by atoms with E-state index in [2.05, 4.69) is 17.2 Å². The van der Waals surface area contributed by atoms with E-state index >= 15 is 0 Å². The number of Topliss-reactive ketones (excluding diaryl/α,β-unsaturated/α-hetero) is 1. The molecular formula is C13H12FNO2. The number of halogens is 1. The summed E-state index contributed by atoms with van der Waals surface area (Å²) in [6.07, 6.45) is 0. The summed E-state index contributed by atoms with van der Waals surface area (Å²) >= 11 is 0. The van der Waals surface area contributed by atoms with Crippen LogP contribution in [-0.4, -0.2) is 18.2 Å². The molecule has 0 bridgehead atoms. The van der Waals surface area contributed by atoms with Crippen LogP contribution in [0.15, 0.2) is 18.2 Å². The zero-order chi connectivity index (χ0) is 12.8. The summed E-state index contributed by atoms with van der Waals surface area (Å²) in [6, 6.07) is 3.85. The van der Waals surface area contributed by atoms with Crippen molar-refractivity contribution < 1.29 is 14.0 Å². The zero-order valence-electron chi connectivity index (χ0n) is 9.63. The van der Waals surface area contributed by atoms with Gasteiger partial charge in [0.05, 0.1) is 6.54 Å². The predicted octanol–water partition coefficient (Wildman–Crippen LogP) is 1.52. The van der Waals surface area contributed by atoms with Crippen LogP contribution in [0.2, 0.25) is 0 Å². The molecule has 0 saturated heterocycles. The normalized spacial score (nSPS) is 9.12. The standard InChI is InChI=1S/C13H12FNO2/c1-9(16)13-8-12(14)6-5-11(13)4-3-7-15-10(2)17/h5-6,8H,7H2,1-2H3,(H,15,17). The minimum Gasteiger partial charge on any atom is -0.345 e. The average Bonchev–Trinajstić information content (AvgIpc) is 2.25. The van der Waals surface area contributed by atoms with Gasteiger partial charge in [-0.05, 0) is 25.1 Å². The van der Waals surface area contributed by atoms with Crippen LogP contribution in [0.5, 0.6) is 0 Å². The molecule has 17 heavy (non-hydrogen) atoms. The predicted molar refractivity (Wildman–Crippen MR) is 62.0 cm³/mol. The van der Waals surface area contributed by atoms with Gasteiger partial charge in [-0.2, -0.15) is 0 Å². The number of hydrogen-bond donors (Lipinski definition) is 1. The molecule has 1 rings (SSSR count). The van der Waals surface area contributed by atoms with Crippen LogP contribution in [0.4, 0.5) is 4.39 Å². The minimum atomic E-state index is -0.470. The summed E-state index contributed by atoms with van der Waals surface area (Å²) in [5.74, 6) is 4.53. The summed E-state index contributed by atoms with van der Waals surface area (Å²) in [5.41, 5.74) is 0.713. The van der Waals surface area contributed by atoms with Crippen LogP contribution < -0.4 is 5.32 Å². The molecule has 3 nitrogen and oxygen atoms in total. The number of ketones is 1. The Labute approximate surface area is 99.0 Å². The second kappa shape index (κ2) is 5.80. The Morgan fingerprint density at radius 2 is 2.06 bits per heavy atom. The van der Waals surface area contributed by atoms with Crippen molar-refractivity contribution in [2.24, 2.45) is 0 Å². The molecule has 0 spiro atoms. The monoisotopic (exact) mass is 233 g/mol. The lowest BCUT2D eigenvalue weighted by Crippen LogP contribution is -2.19. The zero-order valence-corrected chi connectivity index (χ0v) is 9.63. The molecule has 0 heterocycles. The lowest BCUT2D eigenvalue weighted by atomic mass is 10.0. The first-order valence-corrected chi connectivity index (χ1v) is 5.04. The second-order valence-electron chi connectivity index (χ2n) is 3.46. The summed E-state index contributed by atoms with van der Waals surface area (Å²) in [5, 5.41) is 2.50. The van der Waals surface area contributed by atoms with Crippen molar-refractivity contribution in [3.8, 4) is 11.8 Å². The van der Waals surface area contributed by atoms with Crippen molar-refractivity contribution in [1.82, 2.24) is 5.32 Å². The highest BCUT2D eigenvalue weighted by Crippen LogP contribution is 2.10. The van der Waals surface area contributed by atoms with E-state index in [1.165, 1.54) is 26.0 Å². The van der Waals surface area contributed by atoms with Crippen LogP contribution in [0.3, 0.4) is 0 Å². The molecule has 1 N–H and O–H groups in total. The Hall–Kier alpha value is -2.15. The molecular weight excluding hydrogens is 221 g/mol. The maximum absolute atomic E-state index is 12.9. The average molecular weight is 233 g/mol. The molecule has 0 atom stereocenters. The van der Waals surface area contributed by atoms with Gasteiger partial charge in [0.15, 0.2) is 5.78 Å². The van der Waals surface area contributed by atoms with Gasteiger partial charge in [0.25, 0.3) is 0 Å². The lowest BCUT2D eigenvalue weighted by molar-refractivity contribution is -0.118. The van der Waals surface area contributed by atoms with E-state index in [4.69, 9.17) is 0 Å². The maximum atomic E-state index is 12.9. The third-order valence-electron chi connectivity index (χ3n) is 2.01. The van der Waals surface area contributed by atoms with Crippen molar-refractivity contribution in [3.63, 3.8) is 0 Å². The van der Waals surface area contributed by atoms with Crippen LogP contribution in [0.25, 0.3) is 0 Å². The van der Waals surface area contributed by atoms with E-state index in [1.807, 2.05) is 0 Å². The molecule has 0 fully saturated rings. The van der Waals surface area contributed by atoms with Crippen molar-refractivity contribution >= 4 is 11.7 Å². The summed E-state index contributed by atoms with van der Waals surface area (Å²) in [6.45, 7) is 2.94. The number of carbonyl (C=O) groups excluding carboxylic acids is 2. The molecule has 0 aliphatic rings. The van der Waals surface area contributed by atoms with E-state index in [0.29, 0.717) is 5.56 Å². The first-order chi connectivity index (χ1) is 8.00. The molecule has 0 saturated carbocycles. The van der Waals surface area contributed by atoms with Gasteiger partial charge in [-0.25, -0.2) is 4.39 Å². The first-order valence-electron chi connectivity index (χ1n) is 5.04. The Morgan fingerprint density at radius 3 is 2.65 bits per heavy atom. The highest BCUT2D eigenvalue weighted by molar-refractivity contribution is 5.96. The third kappa shape index (κ3) is 4.07. The molecule has 0 radical (unpaired) electrons. The largest absolute Gasteiger partial charge is 0.345 e. The fourth-order valence-corrected chi connectivity index (χ4v) is 1.22. The third-order valence-corrected chi connectivity index (χ3v) is 2.01. The number of rotatable bonds is 2. The lowest BCUT2D eigenvalue weighted by Gasteiger charge is -2.00. The van der Waals surface area contributed by atoms with Crippen LogP contribution in [-0.2, 0) is 4.79 Å². The fourth-order valence-electron chi connectivity index (χ4n) is 1.22. The number of amides is 1. The highest BCUT2D eigenvalue weighted by atomic mass is 19.1. The Bertz CT molecular complexity index is 512. The molecule has 4 heteroatoms. The van der Waals surface area contributed by atoms with E-state index in [1.54, 1.807) is 0 Å². The summed E-state index contributed by atoms with van der Waals surface area (Å²) in [4.78, 5) is 21.8. The van der Waals surface area contributed by atoms with Gasteiger partial charge in [-0.15, -0.1) is 0 Å². The second-order valence-corrected chi connectivity index (χ2v) is 3.46. The quantitative estimate of drug-likeness (QED) is 0.621. The Balaban J connectivity index is 2.90. The van der Waals surface area contributed by atoms with Gasteiger partial charge < -0.3 is 5.32 Å². The van der Waals surface area contributed by atoms with E-state index < -0.39 is 5.82 Å². The summed E-state index contributed by atoms with van der Waals surface area (Å²) in [7, 11) is 0. The fraction of sp³-hybridized carbons (Fsp3) is 0.231. The summed E-state index contributed by atoms with van der Waals surface area (Å²) < 4.78 is 12.9. The van der Waals surface area contributed by atoms with Crippen molar-refractivity contribution in [2.45, 2.75) is 13.8 Å². The Kier molecular flexibility index (Phi) is 4.41. The Morgan fingerprint density at radius 1 is 1.35 bits per heavy atom. The number of carbonyl (C=O) groups is 2. The van der Waals surface area contributed by atoms with Gasteiger partial charge in [0.1, 0.15) is 5.82 Å². The van der Waals surface area contributed by atoms with Crippen LogP contribution in [0.1, 0.15) is 29.8 Å². The van der Waals surface area contributed by atoms with Gasteiger partial charge in [-0.1, -0.05) is 11.8 Å².